The molecular formula is C20H18BrFN4O. The average molecular weight is 429 g/mol. The number of nitrogens with zero attached hydrogens (tertiary/aromatic N) is 4. The number of carbonyl (C=O) groups excluding carboxylic acids is 1. The fourth-order valence-corrected chi connectivity index (χ4v) is 4.29. The first-order valence-electron chi connectivity index (χ1n) is 9.13. The summed E-state index contributed by atoms with van der Waals surface area (Å²) in [6, 6.07) is 10.9. The number of hydrogen-bond acceptors (Lipinski definition) is 3. The summed E-state index contributed by atoms with van der Waals surface area (Å²) in [5.41, 5.74) is 3.53. The van der Waals surface area contributed by atoms with Crippen molar-refractivity contribution in [2.75, 3.05) is 6.54 Å². The summed E-state index contributed by atoms with van der Waals surface area (Å²) in [4.78, 5) is 19.4. The molecule has 2 aliphatic rings. The Morgan fingerprint density at radius 2 is 1.96 bits per heavy atom. The lowest BCUT2D eigenvalue weighted by molar-refractivity contribution is 0.0585. The van der Waals surface area contributed by atoms with Crippen molar-refractivity contribution in [1.29, 1.82) is 0 Å². The van der Waals surface area contributed by atoms with E-state index in [9.17, 15) is 9.18 Å². The van der Waals surface area contributed by atoms with Gasteiger partial charge in [-0.2, -0.15) is 5.10 Å². The highest BCUT2D eigenvalue weighted by Gasteiger charge is 2.35. The number of aromatic nitrogens is 3. The second-order valence-electron chi connectivity index (χ2n) is 7.31. The Kier molecular flexibility index (Phi) is 3.82. The van der Waals surface area contributed by atoms with Crippen molar-refractivity contribution >= 4 is 27.5 Å². The smallest absolute Gasteiger partial charge is 0.273 e. The zero-order valence-corrected chi connectivity index (χ0v) is 16.4. The first kappa shape index (κ1) is 16.9. The van der Waals surface area contributed by atoms with Gasteiger partial charge in [0.2, 0.25) is 0 Å². The lowest BCUT2D eigenvalue weighted by Gasteiger charge is -2.36. The highest BCUT2D eigenvalue weighted by Crippen LogP contribution is 2.41. The van der Waals surface area contributed by atoms with Crippen molar-refractivity contribution in [2.45, 2.75) is 37.9 Å². The van der Waals surface area contributed by atoms with E-state index in [4.69, 9.17) is 0 Å². The third kappa shape index (κ3) is 2.76. The number of benzene rings is 1. The first-order chi connectivity index (χ1) is 13.0. The molecule has 3 heterocycles. The molecule has 1 amide bonds. The molecule has 2 aromatic heterocycles. The van der Waals surface area contributed by atoms with E-state index in [1.165, 1.54) is 0 Å². The van der Waals surface area contributed by atoms with Gasteiger partial charge in [0.15, 0.2) is 5.65 Å². The highest BCUT2D eigenvalue weighted by molar-refractivity contribution is 9.10. The summed E-state index contributed by atoms with van der Waals surface area (Å²) < 4.78 is 17.2. The van der Waals surface area contributed by atoms with Crippen molar-refractivity contribution in [3.63, 3.8) is 0 Å². The van der Waals surface area contributed by atoms with Gasteiger partial charge < -0.3 is 4.90 Å². The zero-order chi connectivity index (χ0) is 18.7. The Labute approximate surface area is 164 Å². The zero-order valence-electron chi connectivity index (χ0n) is 14.8. The number of alkyl halides is 1. The maximum Gasteiger partial charge on any atom is 0.273 e. The number of fused-ring (bicyclic) bond motifs is 2. The maximum atomic E-state index is 14.7. The van der Waals surface area contributed by atoms with Gasteiger partial charge in [-0.25, -0.2) is 13.9 Å². The van der Waals surface area contributed by atoms with Crippen LogP contribution < -0.4 is 0 Å². The summed E-state index contributed by atoms with van der Waals surface area (Å²) in [5.74, 6) is 0.170. The Hall–Kier alpha value is -2.28. The molecular weight excluding hydrogens is 411 g/mol. The summed E-state index contributed by atoms with van der Waals surface area (Å²) in [5, 5.41) is 4.43. The lowest BCUT2D eigenvalue weighted by Crippen LogP contribution is -2.40. The fourth-order valence-electron chi connectivity index (χ4n) is 3.93. The van der Waals surface area contributed by atoms with Crippen LogP contribution >= 0.6 is 15.9 Å². The van der Waals surface area contributed by atoms with Crippen LogP contribution in [0.5, 0.6) is 0 Å². The number of rotatable bonds is 2. The van der Waals surface area contributed by atoms with E-state index >= 15 is 0 Å². The quantitative estimate of drug-likeness (QED) is 0.599. The van der Waals surface area contributed by atoms with E-state index in [0.717, 1.165) is 24.1 Å². The monoisotopic (exact) mass is 428 g/mol. The molecule has 1 aliphatic carbocycles. The molecule has 0 radical (unpaired) electrons. The predicted molar refractivity (Wildman–Crippen MR) is 102 cm³/mol. The molecule has 5 nitrogen and oxygen atoms in total. The van der Waals surface area contributed by atoms with E-state index in [1.54, 1.807) is 21.5 Å². The van der Waals surface area contributed by atoms with Crippen molar-refractivity contribution in [2.24, 2.45) is 0 Å². The van der Waals surface area contributed by atoms with Crippen molar-refractivity contribution in [3.8, 4) is 0 Å². The summed E-state index contributed by atoms with van der Waals surface area (Å²) >= 11 is 3.39. The van der Waals surface area contributed by atoms with Gasteiger partial charge in [-0.1, -0.05) is 24.3 Å². The van der Waals surface area contributed by atoms with Crippen LogP contribution in [-0.4, -0.2) is 31.9 Å². The third-order valence-electron chi connectivity index (χ3n) is 5.51. The summed E-state index contributed by atoms with van der Waals surface area (Å²) in [7, 11) is 0. The molecule has 5 rings (SSSR count). The largest absolute Gasteiger partial charge is 0.327 e. The van der Waals surface area contributed by atoms with Gasteiger partial charge in [-0.15, -0.1) is 0 Å². The van der Waals surface area contributed by atoms with Gasteiger partial charge in [0.1, 0.15) is 16.5 Å². The number of halogens is 2. The molecule has 0 spiro atoms. The van der Waals surface area contributed by atoms with Gasteiger partial charge in [0.05, 0.1) is 12.6 Å². The third-order valence-corrected chi connectivity index (χ3v) is 5.90. The molecule has 1 fully saturated rings. The summed E-state index contributed by atoms with van der Waals surface area (Å²) in [6.07, 6.45) is 0.992. The SMILES string of the molecule is C[C@@H]1c2ccccc2C(F)CN1C(=O)c1cc(C2CC2)n2nc(Br)cc2n1. The first-order valence-corrected chi connectivity index (χ1v) is 9.92. The second-order valence-corrected chi connectivity index (χ2v) is 8.12. The number of hydrogen-bond donors (Lipinski definition) is 0. The minimum absolute atomic E-state index is 0.0472. The molecule has 1 saturated carbocycles. The highest BCUT2D eigenvalue weighted by atomic mass is 79.9. The van der Waals surface area contributed by atoms with Gasteiger partial charge in [0.25, 0.3) is 5.91 Å². The Morgan fingerprint density at radius 1 is 1.22 bits per heavy atom. The second kappa shape index (κ2) is 6.12. The maximum absolute atomic E-state index is 14.7. The topological polar surface area (TPSA) is 50.5 Å². The van der Waals surface area contributed by atoms with Crippen LogP contribution in [0.4, 0.5) is 4.39 Å². The van der Waals surface area contributed by atoms with Gasteiger partial charge in [0, 0.05) is 17.7 Å². The van der Waals surface area contributed by atoms with E-state index in [-0.39, 0.29) is 18.5 Å². The standard InChI is InChI=1S/C20H18BrFN4O/c1-11-13-4-2-3-5-14(13)15(22)10-25(11)20(27)16-8-17(12-6-7-12)26-19(23-16)9-18(21)24-26/h2-5,8-9,11-12,15H,6-7,10H2,1H3/t11-,15?/m1/s1. The van der Waals surface area contributed by atoms with Gasteiger partial charge in [-0.3, -0.25) is 4.79 Å². The number of carbonyl (C=O) groups is 1. The molecule has 3 aromatic rings. The van der Waals surface area contributed by atoms with Crippen LogP contribution in [0.1, 0.15) is 65.2 Å². The Balaban J connectivity index is 1.56. The van der Waals surface area contributed by atoms with E-state index in [0.29, 0.717) is 27.4 Å². The van der Waals surface area contributed by atoms with E-state index in [1.807, 2.05) is 31.2 Å². The minimum atomic E-state index is -1.18. The molecule has 27 heavy (non-hydrogen) atoms. The van der Waals surface area contributed by atoms with E-state index in [2.05, 4.69) is 26.0 Å². The molecule has 1 aromatic carbocycles. The number of amides is 1. The molecule has 2 atom stereocenters. The van der Waals surface area contributed by atoms with Gasteiger partial charge >= 0.3 is 0 Å². The molecule has 0 N–H and O–H groups in total. The van der Waals surface area contributed by atoms with E-state index < -0.39 is 6.17 Å². The Morgan fingerprint density at radius 3 is 2.70 bits per heavy atom. The van der Waals surface area contributed by atoms with Crippen molar-refractivity contribution < 1.29 is 9.18 Å². The van der Waals surface area contributed by atoms with Crippen molar-refractivity contribution in [1.82, 2.24) is 19.5 Å². The molecule has 1 unspecified atom stereocenters. The molecule has 0 saturated heterocycles. The molecule has 7 heteroatoms. The Bertz CT molecular complexity index is 1060. The van der Waals surface area contributed by atoms with Crippen LogP contribution in [0.2, 0.25) is 0 Å². The van der Waals surface area contributed by atoms with Crippen LogP contribution in [0.3, 0.4) is 0 Å². The van der Waals surface area contributed by atoms with Gasteiger partial charge in [-0.05, 0) is 52.9 Å². The predicted octanol–water partition coefficient (Wildman–Crippen LogP) is 4.60. The van der Waals surface area contributed by atoms with Crippen LogP contribution in [0.15, 0.2) is 41.0 Å². The van der Waals surface area contributed by atoms with Crippen LogP contribution in [0, 0.1) is 0 Å². The fraction of sp³-hybridized carbons (Fsp3) is 0.350. The minimum Gasteiger partial charge on any atom is -0.327 e. The van der Waals surface area contributed by atoms with Crippen LogP contribution in [-0.2, 0) is 0 Å². The average Bonchev–Trinajstić information content (AvgIpc) is 3.44. The molecule has 138 valence electrons. The normalized spacial score (nSPS) is 22.1. The summed E-state index contributed by atoms with van der Waals surface area (Å²) in [6.45, 7) is 1.99. The lowest BCUT2D eigenvalue weighted by atomic mass is 9.92. The van der Waals surface area contributed by atoms with Crippen LogP contribution in [0.25, 0.3) is 5.65 Å². The molecule has 0 bridgehead atoms. The van der Waals surface area contributed by atoms with Crippen molar-refractivity contribution in [3.05, 3.63) is 63.5 Å². The molecule has 1 aliphatic heterocycles.